The Balaban J connectivity index is 2.11. The summed E-state index contributed by atoms with van der Waals surface area (Å²) in [7, 11) is 0. The van der Waals surface area contributed by atoms with Crippen molar-refractivity contribution in [2.24, 2.45) is 0 Å². The first-order valence-electron chi connectivity index (χ1n) is 4.70. The monoisotopic (exact) mass is 216 g/mol. The molecule has 76 valence electrons. The summed E-state index contributed by atoms with van der Waals surface area (Å²) in [5.74, 6) is 0.870. The van der Waals surface area contributed by atoms with E-state index in [0.717, 1.165) is 11.5 Å². The smallest absolute Gasteiger partial charge is 0.130 e. The molecule has 0 radical (unpaired) electrons. The molecule has 0 spiro atoms. The number of rotatable bonds is 3. The summed E-state index contributed by atoms with van der Waals surface area (Å²) in [4.78, 5) is 5.47. The van der Waals surface area contributed by atoms with Gasteiger partial charge >= 0.3 is 0 Å². The second-order valence-corrected chi connectivity index (χ2v) is 3.95. The molecular weight excluding hydrogens is 204 g/mol. The fourth-order valence-electron chi connectivity index (χ4n) is 1.26. The topological polar surface area (TPSA) is 24.9 Å². The lowest BCUT2D eigenvalue weighted by Gasteiger charge is -2.05. The van der Waals surface area contributed by atoms with E-state index in [2.05, 4.69) is 40.8 Å². The highest BCUT2D eigenvalue weighted by atomic mass is 32.2. The van der Waals surface area contributed by atoms with Crippen molar-refractivity contribution in [3.8, 4) is 0 Å². The van der Waals surface area contributed by atoms with Crippen molar-refractivity contribution in [3.63, 3.8) is 0 Å². The zero-order chi connectivity index (χ0) is 10.5. The van der Waals surface area contributed by atoms with E-state index >= 15 is 0 Å². The summed E-state index contributed by atoms with van der Waals surface area (Å²) in [6, 6.07) is 14.1. The van der Waals surface area contributed by atoms with Gasteiger partial charge in [-0.3, -0.25) is 0 Å². The van der Waals surface area contributed by atoms with Crippen molar-refractivity contribution in [1.82, 2.24) is 4.98 Å². The minimum Gasteiger partial charge on any atom is -0.340 e. The Morgan fingerprint density at radius 3 is 2.47 bits per heavy atom. The summed E-state index contributed by atoms with van der Waals surface area (Å²) in [6.07, 6.45) is 3.85. The van der Waals surface area contributed by atoms with Gasteiger partial charge in [0.1, 0.15) is 5.82 Å². The zero-order valence-corrected chi connectivity index (χ0v) is 9.29. The van der Waals surface area contributed by atoms with E-state index < -0.39 is 0 Å². The predicted molar refractivity (Wildman–Crippen MR) is 65.7 cm³/mol. The molecule has 0 aliphatic heterocycles. The second kappa shape index (κ2) is 4.84. The number of aromatic nitrogens is 1. The lowest BCUT2D eigenvalue weighted by molar-refractivity contribution is 1.30. The van der Waals surface area contributed by atoms with Crippen LogP contribution >= 0.6 is 11.8 Å². The number of pyridine rings is 1. The lowest BCUT2D eigenvalue weighted by Crippen LogP contribution is -1.91. The first-order valence-corrected chi connectivity index (χ1v) is 5.93. The molecule has 2 aromatic rings. The molecule has 2 rings (SSSR count). The van der Waals surface area contributed by atoms with E-state index in [1.165, 1.54) is 4.90 Å². The van der Waals surface area contributed by atoms with Crippen molar-refractivity contribution in [2.45, 2.75) is 4.90 Å². The second-order valence-electron chi connectivity index (χ2n) is 3.07. The SMILES string of the molecule is CSc1ccc(Nc2ccccn2)cc1. The third-order valence-electron chi connectivity index (χ3n) is 2.03. The fraction of sp³-hybridized carbons (Fsp3) is 0.0833. The van der Waals surface area contributed by atoms with Gasteiger partial charge < -0.3 is 5.32 Å². The largest absolute Gasteiger partial charge is 0.340 e. The molecule has 0 unspecified atom stereocenters. The molecule has 1 heterocycles. The number of nitrogens with zero attached hydrogens (tertiary/aromatic N) is 1. The average molecular weight is 216 g/mol. The van der Waals surface area contributed by atoms with Gasteiger partial charge in [0, 0.05) is 16.8 Å². The number of hydrogen-bond acceptors (Lipinski definition) is 3. The minimum atomic E-state index is 0.870. The molecule has 15 heavy (non-hydrogen) atoms. The summed E-state index contributed by atoms with van der Waals surface area (Å²) < 4.78 is 0. The molecule has 1 N–H and O–H groups in total. The number of thioether (sulfide) groups is 1. The summed E-state index contributed by atoms with van der Waals surface area (Å²) in [6.45, 7) is 0. The summed E-state index contributed by atoms with van der Waals surface area (Å²) in [5, 5.41) is 3.23. The first kappa shape index (κ1) is 10.1. The molecule has 2 nitrogen and oxygen atoms in total. The molecule has 0 saturated heterocycles. The van der Waals surface area contributed by atoms with E-state index in [0.29, 0.717) is 0 Å². The molecule has 0 saturated carbocycles. The fourth-order valence-corrected chi connectivity index (χ4v) is 1.67. The minimum absolute atomic E-state index is 0.870. The van der Waals surface area contributed by atoms with Gasteiger partial charge in [-0.2, -0.15) is 0 Å². The maximum atomic E-state index is 4.20. The molecule has 0 aliphatic carbocycles. The Morgan fingerprint density at radius 1 is 1.07 bits per heavy atom. The van der Waals surface area contributed by atoms with E-state index in [4.69, 9.17) is 0 Å². The Hall–Kier alpha value is -1.48. The van der Waals surface area contributed by atoms with Crippen LogP contribution in [0.25, 0.3) is 0 Å². The zero-order valence-electron chi connectivity index (χ0n) is 8.47. The highest BCUT2D eigenvalue weighted by Gasteiger charge is 1.94. The molecule has 1 aromatic carbocycles. The van der Waals surface area contributed by atoms with E-state index in [1.807, 2.05) is 18.2 Å². The van der Waals surface area contributed by atoms with Crippen molar-refractivity contribution in [2.75, 3.05) is 11.6 Å². The van der Waals surface area contributed by atoms with Crippen LogP contribution in [-0.2, 0) is 0 Å². The van der Waals surface area contributed by atoms with Crippen LogP contribution in [0.1, 0.15) is 0 Å². The normalized spacial score (nSPS) is 9.93. The quantitative estimate of drug-likeness (QED) is 0.794. The number of benzene rings is 1. The van der Waals surface area contributed by atoms with Gasteiger partial charge in [0.05, 0.1) is 0 Å². The van der Waals surface area contributed by atoms with Gasteiger partial charge in [-0.1, -0.05) is 6.07 Å². The maximum Gasteiger partial charge on any atom is 0.130 e. The average Bonchev–Trinajstić information content (AvgIpc) is 2.31. The third kappa shape index (κ3) is 2.73. The highest BCUT2D eigenvalue weighted by molar-refractivity contribution is 7.98. The Bertz CT molecular complexity index is 411. The van der Waals surface area contributed by atoms with Crippen molar-refractivity contribution in [3.05, 3.63) is 48.7 Å². The van der Waals surface area contributed by atoms with E-state index in [1.54, 1.807) is 18.0 Å². The van der Waals surface area contributed by atoms with E-state index in [-0.39, 0.29) is 0 Å². The standard InChI is InChI=1S/C12H12N2S/c1-15-11-7-5-10(6-8-11)14-12-4-2-3-9-13-12/h2-9H,1H3,(H,13,14). The molecule has 0 bridgehead atoms. The van der Waals surface area contributed by atoms with Gasteiger partial charge in [0.2, 0.25) is 0 Å². The summed E-state index contributed by atoms with van der Waals surface area (Å²) in [5.41, 5.74) is 1.06. The number of hydrogen-bond donors (Lipinski definition) is 1. The van der Waals surface area contributed by atoms with Crippen LogP contribution in [-0.4, -0.2) is 11.2 Å². The number of anilines is 2. The van der Waals surface area contributed by atoms with Crippen LogP contribution in [0.15, 0.2) is 53.6 Å². The molecule has 0 atom stereocenters. The van der Waals surface area contributed by atoms with Crippen molar-refractivity contribution < 1.29 is 0 Å². The van der Waals surface area contributed by atoms with Gasteiger partial charge in [0.25, 0.3) is 0 Å². The van der Waals surface area contributed by atoms with Crippen LogP contribution in [0.5, 0.6) is 0 Å². The molecule has 3 heteroatoms. The summed E-state index contributed by atoms with van der Waals surface area (Å²) >= 11 is 1.74. The van der Waals surface area contributed by atoms with Crippen molar-refractivity contribution >= 4 is 23.3 Å². The lowest BCUT2D eigenvalue weighted by atomic mass is 10.3. The van der Waals surface area contributed by atoms with Crippen molar-refractivity contribution in [1.29, 1.82) is 0 Å². The Kier molecular flexibility index (Phi) is 3.25. The van der Waals surface area contributed by atoms with Crippen LogP contribution in [0.3, 0.4) is 0 Å². The molecular formula is C12H12N2S. The highest BCUT2D eigenvalue weighted by Crippen LogP contribution is 2.19. The maximum absolute atomic E-state index is 4.20. The number of nitrogens with one attached hydrogen (secondary N) is 1. The Labute approximate surface area is 93.7 Å². The van der Waals surface area contributed by atoms with Gasteiger partial charge in [-0.15, -0.1) is 11.8 Å². The van der Waals surface area contributed by atoms with Crippen LogP contribution in [0.2, 0.25) is 0 Å². The molecule has 1 aromatic heterocycles. The molecule has 0 fully saturated rings. The van der Waals surface area contributed by atoms with Gasteiger partial charge in [-0.25, -0.2) is 4.98 Å². The van der Waals surface area contributed by atoms with Crippen LogP contribution in [0.4, 0.5) is 11.5 Å². The van der Waals surface area contributed by atoms with Crippen LogP contribution < -0.4 is 5.32 Å². The first-order chi connectivity index (χ1) is 7.38. The molecule has 0 aliphatic rings. The molecule has 0 amide bonds. The van der Waals surface area contributed by atoms with E-state index in [9.17, 15) is 0 Å². The van der Waals surface area contributed by atoms with Crippen LogP contribution in [0, 0.1) is 0 Å². The van der Waals surface area contributed by atoms with Gasteiger partial charge in [0.15, 0.2) is 0 Å². The van der Waals surface area contributed by atoms with Gasteiger partial charge in [-0.05, 0) is 42.7 Å². The Morgan fingerprint density at radius 2 is 1.87 bits per heavy atom. The third-order valence-corrected chi connectivity index (χ3v) is 2.77. The predicted octanol–water partition coefficient (Wildman–Crippen LogP) is 3.55.